The maximum Gasteiger partial charge on any atom is 0.261 e. The smallest absolute Gasteiger partial charge is 0.261 e. The lowest BCUT2D eigenvalue weighted by Gasteiger charge is -2.29. The van der Waals surface area contributed by atoms with E-state index in [4.69, 9.17) is 4.74 Å². The fourth-order valence-corrected chi connectivity index (χ4v) is 5.47. The molecule has 3 aromatic rings. The van der Waals surface area contributed by atoms with Crippen LogP contribution in [0.25, 0.3) is 10.1 Å². The quantitative estimate of drug-likeness (QED) is 0.535. The van der Waals surface area contributed by atoms with Crippen LogP contribution in [0.1, 0.15) is 46.7 Å². The van der Waals surface area contributed by atoms with Gasteiger partial charge in [0.15, 0.2) is 0 Å². The van der Waals surface area contributed by atoms with Crippen molar-refractivity contribution in [2.45, 2.75) is 44.7 Å². The lowest BCUT2D eigenvalue weighted by atomic mass is 9.98. The van der Waals surface area contributed by atoms with Gasteiger partial charge in [0.25, 0.3) is 5.91 Å². The van der Waals surface area contributed by atoms with Gasteiger partial charge < -0.3 is 15.0 Å². The van der Waals surface area contributed by atoms with Crippen molar-refractivity contribution in [2.24, 2.45) is 0 Å². The van der Waals surface area contributed by atoms with Crippen molar-refractivity contribution < 1.29 is 9.53 Å². The van der Waals surface area contributed by atoms with E-state index in [2.05, 4.69) is 38.4 Å². The highest BCUT2D eigenvalue weighted by Gasteiger charge is 2.26. The molecule has 4 rings (SSSR count). The highest BCUT2D eigenvalue weighted by molar-refractivity contribution is 7.21. The fourth-order valence-electron chi connectivity index (χ4n) is 4.32. The standard InChI is InChI=1S/C23H30N4O2S/c1-29-14-12-26-23(28)22-19(18-8-4-5-9-20(18)30-22)15-17-7-3-2-6-13-27(17)16-21-24-10-11-25-21/h4-5,8-11,17H,2-3,6-7,12-16H2,1H3,(H,24,25)(H,26,28)/t17-/m0/s1. The number of methoxy groups -OCH3 is 1. The molecule has 1 saturated heterocycles. The van der Waals surface area contributed by atoms with E-state index < -0.39 is 0 Å². The van der Waals surface area contributed by atoms with Crippen LogP contribution in [0.4, 0.5) is 0 Å². The summed E-state index contributed by atoms with van der Waals surface area (Å²) in [6, 6.07) is 8.79. The van der Waals surface area contributed by atoms with Gasteiger partial charge in [-0.1, -0.05) is 31.0 Å². The minimum atomic E-state index is 0.00876. The van der Waals surface area contributed by atoms with E-state index in [0.29, 0.717) is 19.2 Å². The molecular formula is C23H30N4O2S. The highest BCUT2D eigenvalue weighted by Crippen LogP contribution is 2.34. The number of thiophene rings is 1. The van der Waals surface area contributed by atoms with Crippen molar-refractivity contribution >= 4 is 27.3 Å². The van der Waals surface area contributed by atoms with Crippen molar-refractivity contribution in [1.29, 1.82) is 0 Å². The number of rotatable bonds is 8. The van der Waals surface area contributed by atoms with E-state index in [0.717, 1.165) is 36.6 Å². The van der Waals surface area contributed by atoms with Crippen molar-refractivity contribution in [2.75, 3.05) is 26.8 Å². The molecule has 30 heavy (non-hydrogen) atoms. The number of likely N-dealkylation sites (tertiary alicyclic amines) is 1. The van der Waals surface area contributed by atoms with Crippen LogP contribution in [0.15, 0.2) is 36.7 Å². The second-order valence-electron chi connectivity index (χ2n) is 7.87. The Balaban J connectivity index is 1.61. The number of aromatic nitrogens is 2. The number of benzene rings is 1. The molecule has 0 saturated carbocycles. The van der Waals surface area contributed by atoms with E-state index in [1.165, 1.54) is 34.9 Å². The third-order valence-electron chi connectivity index (χ3n) is 5.84. The topological polar surface area (TPSA) is 70.2 Å². The van der Waals surface area contributed by atoms with Gasteiger partial charge in [0.1, 0.15) is 5.82 Å². The van der Waals surface area contributed by atoms with Gasteiger partial charge in [-0.3, -0.25) is 9.69 Å². The van der Waals surface area contributed by atoms with E-state index in [-0.39, 0.29) is 5.91 Å². The van der Waals surface area contributed by atoms with Gasteiger partial charge in [-0.05, 0) is 42.8 Å². The van der Waals surface area contributed by atoms with Crippen LogP contribution in [0.2, 0.25) is 0 Å². The molecule has 6 nitrogen and oxygen atoms in total. The summed E-state index contributed by atoms with van der Waals surface area (Å²) in [7, 11) is 1.65. The molecule has 0 radical (unpaired) electrons. The lowest BCUT2D eigenvalue weighted by molar-refractivity contribution is 0.0939. The Hall–Kier alpha value is -2.22. The van der Waals surface area contributed by atoms with Gasteiger partial charge in [0, 0.05) is 36.8 Å². The monoisotopic (exact) mass is 426 g/mol. The van der Waals surface area contributed by atoms with Crippen LogP contribution in [-0.4, -0.2) is 53.6 Å². The molecular weight excluding hydrogens is 396 g/mol. The van der Waals surface area contributed by atoms with Crippen molar-refractivity contribution in [1.82, 2.24) is 20.2 Å². The van der Waals surface area contributed by atoms with Gasteiger partial charge >= 0.3 is 0 Å². The number of fused-ring (bicyclic) bond motifs is 1. The number of imidazole rings is 1. The Morgan fingerprint density at radius 2 is 2.23 bits per heavy atom. The number of ether oxygens (including phenoxy) is 1. The van der Waals surface area contributed by atoms with Crippen molar-refractivity contribution in [3.63, 3.8) is 0 Å². The maximum absolute atomic E-state index is 13.0. The number of aromatic amines is 1. The van der Waals surface area contributed by atoms with Gasteiger partial charge in [0.05, 0.1) is 18.0 Å². The molecule has 0 aliphatic carbocycles. The Labute approximate surface area is 181 Å². The number of carbonyl (C=O) groups excluding carboxylic acids is 1. The number of nitrogens with one attached hydrogen (secondary N) is 2. The lowest BCUT2D eigenvalue weighted by Crippen LogP contribution is -2.37. The zero-order valence-electron chi connectivity index (χ0n) is 17.5. The molecule has 1 atom stereocenters. The van der Waals surface area contributed by atoms with Crippen molar-refractivity contribution in [3.8, 4) is 0 Å². The third-order valence-corrected chi connectivity index (χ3v) is 7.05. The fraction of sp³-hybridized carbons (Fsp3) is 0.478. The Bertz CT molecular complexity index is 953. The minimum Gasteiger partial charge on any atom is -0.383 e. The van der Waals surface area contributed by atoms with Crippen LogP contribution in [0.5, 0.6) is 0 Å². The first kappa shape index (κ1) is 21.0. The molecule has 0 spiro atoms. The first-order chi connectivity index (χ1) is 14.8. The molecule has 2 N–H and O–H groups in total. The van der Waals surface area contributed by atoms with Crippen LogP contribution in [-0.2, 0) is 17.7 Å². The summed E-state index contributed by atoms with van der Waals surface area (Å²) in [4.78, 5) is 24.0. The summed E-state index contributed by atoms with van der Waals surface area (Å²) in [6.45, 7) is 2.94. The molecule has 1 aliphatic rings. The number of H-pyrrole nitrogens is 1. The summed E-state index contributed by atoms with van der Waals surface area (Å²) in [5.41, 5.74) is 1.18. The molecule has 1 aromatic carbocycles. The molecule has 1 aliphatic heterocycles. The van der Waals surface area contributed by atoms with Gasteiger partial charge in [-0.25, -0.2) is 4.98 Å². The number of amides is 1. The number of carbonyl (C=O) groups is 1. The van der Waals surface area contributed by atoms with Crippen LogP contribution < -0.4 is 5.32 Å². The SMILES string of the molecule is COCCNC(=O)c1sc2ccccc2c1C[C@@H]1CCCCCN1Cc1ncc[nH]1. The Morgan fingerprint density at radius 1 is 1.33 bits per heavy atom. The molecule has 2 aromatic heterocycles. The minimum absolute atomic E-state index is 0.00876. The Kier molecular flexibility index (Phi) is 7.15. The predicted octanol–water partition coefficient (Wildman–Crippen LogP) is 3.99. The highest BCUT2D eigenvalue weighted by atomic mass is 32.1. The van der Waals surface area contributed by atoms with Crippen LogP contribution in [0, 0.1) is 0 Å². The summed E-state index contributed by atoms with van der Waals surface area (Å²) < 4.78 is 6.27. The number of hydrogen-bond acceptors (Lipinski definition) is 5. The average molecular weight is 427 g/mol. The molecule has 7 heteroatoms. The van der Waals surface area contributed by atoms with Gasteiger partial charge in [0.2, 0.25) is 0 Å². The molecule has 160 valence electrons. The van der Waals surface area contributed by atoms with E-state index in [1.807, 2.05) is 18.5 Å². The van der Waals surface area contributed by atoms with Crippen LogP contribution >= 0.6 is 11.3 Å². The summed E-state index contributed by atoms with van der Waals surface area (Å²) in [6.07, 6.45) is 9.45. The molecule has 1 amide bonds. The van der Waals surface area contributed by atoms with E-state index in [1.54, 1.807) is 18.4 Å². The first-order valence-electron chi connectivity index (χ1n) is 10.8. The van der Waals surface area contributed by atoms with Gasteiger partial charge in [-0.2, -0.15) is 0 Å². The van der Waals surface area contributed by atoms with Crippen molar-refractivity contribution in [3.05, 3.63) is 52.9 Å². The number of nitrogens with zero attached hydrogens (tertiary/aromatic N) is 2. The second-order valence-corrected chi connectivity index (χ2v) is 8.92. The molecule has 0 bridgehead atoms. The molecule has 0 unspecified atom stereocenters. The maximum atomic E-state index is 13.0. The summed E-state index contributed by atoms with van der Waals surface area (Å²) in [5, 5.41) is 4.23. The zero-order chi connectivity index (χ0) is 20.8. The van der Waals surface area contributed by atoms with Gasteiger partial charge in [-0.15, -0.1) is 11.3 Å². The molecule has 1 fully saturated rings. The average Bonchev–Trinajstić information content (AvgIpc) is 3.34. The summed E-state index contributed by atoms with van der Waals surface area (Å²) >= 11 is 1.60. The summed E-state index contributed by atoms with van der Waals surface area (Å²) in [5.74, 6) is 1.02. The third kappa shape index (κ3) is 4.91. The van der Waals surface area contributed by atoms with E-state index >= 15 is 0 Å². The second kappa shape index (κ2) is 10.2. The van der Waals surface area contributed by atoms with E-state index in [9.17, 15) is 4.79 Å². The first-order valence-corrected chi connectivity index (χ1v) is 11.6. The molecule has 3 heterocycles. The number of hydrogen-bond donors (Lipinski definition) is 2. The predicted molar refractivity (Wildman–Crippen MR) is 121 cm³/mol. The van der Waals surface area contributed by atoms with Crippen LogP contribution in [0.3, 0.4) is 0 Å². The largest absolute Gasteiger partial charge is 0.383 e. The normalized spacial score (nSPS) is 17.8. The zero-order valence-corrected chi connectivity index (χ0v) is 18.3. The Morgan fingerprint density at radius 3 is 3.07 bits per heavy atom.